The Morgan fingerprint density at radius 3 is 2.33 bits per heavy atom. The zero-order valence-corrected chi connectivity index (χ0v) is 35.9. The molecule has 2 heterocycles. The number of Topliss-reactive ketones (excluding diaryl/α,β-unsaturated/α-hetero) is 2. The van der Waals surface area contributed by atoms with Gasteiger partial charge in [0, 0.05) is 81.9 Å². The smallest absolute Gasteiger partial charge is 1.00 e. The van der Waals surface area contributed by atoms with Crippen molar-refractivity contribution >= 4 is 53.1 Å². The van der Waals surface area contributed by atoms with Crippen LogP contribution in [0.15, 0.2) is 24.3 Å². The number of fused-ring (bicyclic) bond motifs is 1. The molecular weight excluding hydrogens is 784 g/mol. The summed E-state index contributed by atoms with van der Waals surface area (Å²) in [5, 5.41) is 33.4. The molecule has 1 aromatic rings. The van der Waals surface area contributed by atoms with Crippen molar-refractivity contribution in [3.05, 3.63) is 29.8 Å². The van der Waals surface area contributed by atoms with Gasteiger partial charge in [-0.3, -0.25) is 24.0 Å². The normalized spacial score (nSPS) is 18.4. The number of nitrogens with two attached hydrogens (primary N) is 1. The van der Waals surface area contributed by atoms with Gasteiger partial charge < -0.3 is 44.0 Å². The number of benzene rings is 1. The predicted molar refractivity (Wildman–Crippen MR) is 183 cm³/mol. The Kier molecular flexibility index (Phi) is 23.8. The van der Waals surface area contributed by atoms with Crippen LogP contribution in [0.4, 0.5) is 4.79 Å². The zero-order chi connectivity index (χ0) is 35.8. The van der Waals surface area contributed by atoms with E-state index in [-0.39, 0.29) is 166 Å². The van der Waals surface area contributed by atoms with Gasteiger partial charge in [0.25, 0.3) is 0 Å². The number of carbonyl (C=O) groups excluding carboxylic acids is 6. The van der Waals surface area contributed by atoms with Crippen molar-refractivity contribution < 1.29 is 129 Å². The Morgan fingerprint density at radius 1 is 0.941 bits per heavy atom. The maximum atomic E-state index is 13.3. The summed E-state index contributed by atoms with van der Waals surface area (Å²) < 4.78 is 0. The number of aromatic hydroxyl groups is 1. The van der Waals surface area contributed by atoms with Crippen LogP contribution in [-0.2, 0) is 67.9 Å². The first kappa shape index (κ1) is 47.6. The maximum absolute atomic E-state index is 13.3. The van der Waals surface area contributed by atoms with Gasteiger partial charge in [-0.1, -0.05) is 18.6 Å². The van der Waals surface area contributed by atoms with Crippen LogP contribution in [-0.4, -0.2) is 100 Å². The predicted octanol–water partition coefficient (Wildman–Crippen LogP) is -2.37. The van der Waals surface area contributed by atoms with Crippen molar-refractivity contribution in [2.75, 3.05) is 25.4 Å². The molecule has 1 unspecified atom stereocenters. The number of carbonyl (C=O) groups is 7. The van der Waals surface area contributed by atoms with Gasteiger partial charge in [-0.05, 0) is 56.2 Å². The van der Waals surface area contributed by atoms with E-state index < -0.39 is 35.5 Å². The van der Waals surface area contributed by atoms with E-state index in [0.29, 0.717) is 36.6 Å². The molecule has 2 aliphatic rings. The first-order valence-corrected chi connectivity index (χ1v) is 17.8. The molecule has 0 aliphatic carbocycles. The summed E-state index contributed by atoms with van der Waals surface area (Å²) >= 11 is 1.84. The number of nitrogens with one attached hydrogen (secondary N) is 5. The molecule has 1 aromatic carbocycles. The van der Waals surface area contributed by atoms with E-state index in [1.165, 1.54) is 12.1 Å². The van der Waals surface area contributed by atoms with Crippen molar-refractivity contribution in [2.45, 2.75) is 94.0 Å². The van der Waals surface area contributed by atoms with Crippen molar-refractivity contribution in [1.82, 2.24) is 26.6 Å². The second-order valence-corrected chi connectivity index (χ2v) is 13.7. The average Bonchev–Trinajstić information content (AvgIpc) is 3.63. The van der Waals surface area contributed by atoms with E-state index in [9.17, 15) is 43.8 Å². The Bertz CT molecular complexity index is 1350. The minimum absolute atomic E-state index is 0. The van der Waals surface area contributed by atoms with Crippen LogP contribution in [0.5, 0.6) is 5.75 Å². The summed E-state index contributed by atoms with van der Waals surface area (Å²) in [5.74, 6) is -3.23. The number of hydrogen-bond donors (Lipinski definition) is 8. The van der Waals surface area contributed by atoms with Crippen molar-refractivity contribution in [1.29, 1.82) is 0 Å². The number of unbranched alkanes of at least 4 members (excludes halogenated alkanes) is 2. The van der Waals surface area contributed by atoms with Crippen LogP contribution in [0.25, 0.3) is 0 Å². The largest absolute Gasteiger partial charge is 1.00 e. The van der Waals surface area contributed by atoms with Crippen molar-refractivity contribution in [3.63, 3.8) is 0 Å². The molecule has 9 N–H and O–H groups in total. The van der Waals surface area contributed by atoms with E-state index in [4.69, 9.17) is 5.73 Å². The molecule has 15 nitrogen and oxygen atoms in total. The van der Waals surface area contributed by atoms with Gasteiger partial charge in [0.05, 0.1) is 25.2 Å². The Labute approximate surface area is 371 Å². The van der Waals surface area contributed by atoms with Crippen LogP contribution in [0.2, 0.25) is 0 Å². The van der Waals surface area contributed by atoms with Gasteiger partial charge in [-0.2, -0.15) is 11.8 Å². The minimum Gasteiger partial charge on any atom is -1.00 e. The molecule has 2 fully saturated rings. The number of phenolic OH excluding ortho intramolecular Hbond substituents is 1. The maximum Gasteiger partial charge on any atom is 1.00 e. The minimum atomic E-state index is -1.23. The van der Waals surface area contributed by atoms with E-state index >= 15 is 0 Å². The molecule has 5 atom stereocenters. The topological polar surface area (TPSA) is 246 Å². The van der Waals surface area contributed by atoms with Gasteiger partial charge in [-0.15, -0.1) is 0 Å². The summed E-state index contributed by atoms with van der Waals surface area (Å²) in [6.45, 7) is -0.178. The van der Waals surface area contributed by atoms with Crippen LogP contribution in [0.1, 0.15) is 71.2 Å². The summed E-state index contributed by atoms with van der Waals surface area (Å²) in [7, 11) is 0. The van der Waals surface area contributed by atoms with E-state index in [0.717, 1.165) is 25.0 Å². The number of thioether (sulfide) groups is 1. The standard InChI is InChI=1S/C33H48N6O9S.K.Y.H/c34-17-23(41)12-13-29(44)36-18-24(42)16-21(15-20-8-10-22(40)11-9-20)31(45)37-25(32(46)47)5-3-4-14-35-28(43)7-2-1-6-27-30-26(19-49-27)38-33(48)39-30;;;/h8-11,21,25-27,30,40H,1-7,12-19,34H2,(H,35,43)(H,36,44)(H,37,45)(H,46,47)(H2,38,39,48);;;/q;+1;;-1/t21-,25+,26-,27?,30-;;;/m1.../s1. The molecule has 18 heteroatoms. The van der Waals surface area contributed by atoms with Gasteiger partial charge in [0.2, 0.25) is 17.7 Å². The fraction of sp³-hybridized carbons (Fsp3) is 0.606. The number of amides is 5. The molecule has 0 aromatic heterocycles. The summed E-state index contributed by atoms with van der Waals surface area (Å²) in [4.78, 5) is 85.1. The second kappa shape index (κ2) is 25.6. The monoisotopic (exact) mass is 833 g/mol. The van der Waals surface area contributed by atoms with Crippen LogP contribution < -0.4 is 83.7 Å². The van der Waals surface area contributed by atoms with Crippen LogP contribution >= 0.6 is 11.8 Å². The summed E-state index contributed by atoms with van der Waals surface area (Å²) in [6.07, 6.45) is 3.57. The van der Waals surface area contributed by atoms with Crippen molar-refractivity contribution in [2.24, 2.45) is 11.7 Å². The van der Waals surface area contributed by atoms with Crippen LogP contribution in [0.3, 0.4) is 0 Å². The molecular formula is C33H49KN6O9SY. The third kappa shape index (κ3) is 18.0. The Balaban J connectivity index is 0.00000867. The van der Waals surface area contributed by atoms with Gasteiger partial charge in [0.15, 0.2) is 5.78 Å². The average molecular weight is 834 g/mol. The number of hydrogen-bond acceptors (Lipinski definition) is 10. The summed E-state index contributed by atoms with van der Waals surface area (Å²) in [6, 6.07) is 5.05. The quantitative estimate of drug-likeness (QED) is 0.0329. The fourth-order valence-electron chi connectivity index (χ4n) is 5.77. The number of phenols is 1. The van der Waals surface area contributed by atoms with E-state index in [1.54, 1.807) is 12.1 Å². The molecule has 275 valence electrons. The van der Waals surface area contributed by atoms with Gasteiger partial charge in [0.1, 0.15) is 17.6 Å². The fourth-order valence-corrected chi connectivity index (χ4v) is 7.32. The molecule has 0 spiro atoms. The van der Waals surface area contributed by atoms with Gasteiger partial charge >= 0.3 is 63.4 Å². The molecule has 51 heavy (non-hydrogen) atoms. The Hall–Kier alpha value is -1.44. The van der Waals surface area contributed by atoms with Crippen molar-refractivity contribution in [3.8, 4) is 5.75 Å². The number of rotatable bonds is 23. The molecule has 3 rings (SSSR count). The van der Waals surface area contributed by atoms with Gasteiger partial charge in [-0.25, -0.2) is 9.59 Å². The SMILES string of the molecule is NCC(=O)CCC(=O)NCC(=O)C[C@@H](Cc1ccc(O)cc1)C(=O)N[C@@H](CCCCNC(=O)CCCCC1SC[C@H]2NC(=O)N[C@@H]12)C(=O)O.[H-].[K+].[Y]. The Morgan fingerprint density at radius 2 is 1.65 bits per heavy atom. The second-order valence-electron chi connectivity index (χ2n) is 12.4. The molecule has 0 saturated carbocycles. The number of ketones is 2. The molecule has 5 amide bonds. The number of carboxylic acid groups (broad SMARTS) is 1. The van der Waals surface area contributed by atoms with E-state index in [2.05, 4.69) is 26.6 Å². The molecule has 0 bridgehead atoms. The zero-order valence-electron chi connectivity index (χ0n) is 30.1. The first-order chi connectivity index (χ1) is 23.4. The summed E-state index contributed by atoms with van der Waals surface area (Å²) in [5.41, 5.74) is 5.88. The first-order valence-electron chi connectivity index (χ1n) is 16.7. The number of aliphatic carboxylic acids is 1. The third-order valence-corrected chi connectivity index (χ3v) is 10.1. The van der Waals surface area contributed by atoms with E-state index in [1.807, 2.05) is 11.8 Å². The van der Waals surface area contributed by atoms with Crippen LogP contribution in [0, 0.1) is 5.92 Å². The molecule has 2 saturated heterocycles. The number of urea groups is 1. The third-order valence-electron chi connectivity index (χ3n) is 8.54. The number of carboxylic acids is 1. The molecule has 2 aliphatic heterocycles. The molecule has 1 radical (unpaired) electrons.